The molecule has 0 saturated heterocycles. The highest BCUT2D eigenvalue weighted by atomic mass is 16.3. The molecular weight excluding hydrogens is 266 g/mol. The Hall–Kier alpha value is -1.88. The molecule has 112 valence electrons. The Labute approximate surface area is 123 Å². The third-order valence-corrected chi connectivity index (χ3v) is 4.16. The molecule has 5 nitrogen and oxygen atoms in total. The van der Waals surface area contributed by atoms with E-state index in [1.165, 1.54) is 4.68 Å². The first-order valence-corrected chi connectivity index (χ1v) is 7.48. The molecule has 0 spiro atoms. The lowest BCUT2D eigenvalue weighted by molar-refractivity contribution is 0.149. The van der Waals surface area contributed by atoms with Crippen molar-refractivity contribution in [3.05, 3.63) is 51.2 Å². The summed E-state index contributed by atoms with van der Waals surface area (Å²) in [4.78, 5) is 12.3. The maximum atomic E-state index is 12.3. The standard InChI is InChI=1S/C16H21N3O2/c1-11-6-7-13(12(2)9-11)14(20)10-19-16(21)18-8-4-3-5-15(18)17-19/h6-7,9,14,20H,3-5,8,10H2,1-2H3. The fraction of sp³-hybridized carbons (Fsp3) is 0.500. The van der Waals surface area contributed by atoms with Crippen molar-refractivity contribution in [2.75, 3.05) is 0 Å². The van der Waals surface area contributed by atoms with Crippen LogP contribution in [0.15, 0.2) is 23.0 Å². The van der Waals surface area contributed by atoms with Crippen molar-refractivity contribution in [2.24, 2.45) is 0 Å². The Kier molecular flexibility index (Phi) is 3.68. The van der Waals surface area contributed by atoms with E-state index in [0.29, 0.717) is 0 Å². The number of hydrogen-bond donors (Lipinski definition) is 1. The highest BCUT2D eigenvalue weighted by Crippen LogP contribution is 2.20. The average molecular weight is 287 g/mol. The molecule has 1 aliphatic rings. The second-order valence-corrected chi connectivity index (χ2v) is 5.87. The van der Waals surface area contributed by atoms with Crippen molar-refractivity contribution in [3.63, 3.8) is 0 Å². The van der Waals surface area contributed by atoms with Gasteiger partial charge in [-0.2, -0.15) is 5.10 Å². The summed E-state index contributed by atoms with van der Waals surface area (Å²) in [5, 5.41) is 14.8. The molecule has 0 saturated carbocycles. The summed E-state index contributed by atoms with van der Waals surface area (Å²) >= 11 is 0. The lowest BCUT2D eigenvalue weighted by atomic mass is 10.0. The van der Waals surface area contributed by atoms with E-state index >= 15 is 0 Å². The zero-order valence-electron chi connectivity index (χ0n) is 12.5. The predicted octanol–water partition coefficient (Wildman–Crippen LogP) is 1.73. The lowest BCUT2D eigenvalue weighted by Gasteiger charge is -2.13. The van der Waals surface area contributed by atoms with Gasteiger partial charge in [-0.3, -0.25) is 4.57 Å². The number of rotatable bonds is 3. The van der Waals surface area contributed by atoms with Crippen molar-refractivity contribution in [1.29, 1.82) is 0 Å². The summed E-state index contributed by atoms with van der Waals surface area (Å²) in [5.74, 6) is 0.846. The molecule has 1 N–H and O–H groups in total. The van der Waals surface area contributed by atoms with Crippen LogP contribution in [-0.2, 0) is 19.5 Å². The molecule has 0 radical (unpaired) electrons. The van der Waals surface area contributed by atoms with E-state index in [4.69, 9.17) is 0 Å². The maximum absolute atomic E-state index is 12.3. The van der Waals surface area contributed by atoms with Crippen LogP contribution in [0, 0.1) is 13.8 Å². The quantitative estimate of drug-likeness (QED) is 0.935. The van der Waals surface area contributed by atoms with Crippen LogP contribution >= 0.6 is 0 Å². The fourth-order valence-electron chi connectivity index (χ4n) is 3.03. The number of aliphatic hydroxyl groups is 1. The van der Waals surface area contributed by atoms with Gasteiger partial charge in [0.1, 0.15) is 5.82 Å². The SMILES string of the molecule is Cc1ccc(C(O)Cn2nc3n(c2=O)CCCC3)c(C)c1. The summed E-state index contributed by atoms with van der Waals surface area (Å²) in [6, 6.07) is 5.95. The van der Waals surface area contributed by atoms with E-state index in [-0.39, 0.29) is 12.2 Å². The van der Waals surface area contributed by atoms with Gasteiger partial charge in [-0.15, -0.1) is 0 Å². The van der Waals surface area contributed by atoms with Gasteiger partial charge in [-0.1, -0.05) is 23.8 Å². The normalized spacial score (nSPS) is 15.8. The topological polar surface area (TPSA) is 60.0 Å². The molecule has 3 rings (SSSR count). The van der Waals surface area contributed by atoms with Crippen molar-refractivity contribution in [2.45, 2.75) is 52.3 Å². The first-order valence-electron chi connectivity index (χ1n) is 7.48. The third-order valence-electron chi connectivity index (χ3n) is 4.16. The minimum Gasteiger partial charge on any atom is -0.386 e. The number of aromatic nitrogens is 3. The molecule has 1 unspecified atom stereocenters. The van der Waals surface area contributed by atoms with Gasteiger partial charge in [0.15, 0.2) is 0 Å². The number of aliphatic hydroxyl groups excluding tert-OH is 1. The predicted molar refractivity (Wildman–Crippen MR) is 80.3 cm³/mol. The summed E-state index contributed by atoms with van der Waals surface area (Å²) in [5.41, 5.74) is 2.96. The Bertz CT molecular complexity index is 715. The molecule has 1 aromatic carbocycles. The minimum absolute atomic E-state index is 0.103. The lowest BCUT2D eigenvalue weighted by Crippen LogP contribution is -2.28. The van der Waals surface area contributed by atoms with E-state index < -0.39 is 6.10 Å². The van der Waals surface area contributed by atoms with Gasteiger partial charge in [0.25, 0.3) is 0 Å². The van der Waals surface area contributed by atoms with E-state index in [1.807, 2.05) is 32.0 Å². The Balaban J connectivity index is 1.86. The molecule has 1 aliphatic heterocycles. The molecular formula is C16H21N3O2. The average Bonchev–Trinajstić information content (AvgIpc) is 2.76. The van der Waals surface area contributed by atoms with Crippen LogP contribution in [0.25, 0.3) is 0 Å². The Morgan fingerprint density at radius 2 is 2.14 bits per heavy atom. The van der Waals surface area contributed by atoms with Crippen LogP contribution in [-0.4, -0.2) is 19.5 Å². The van der Waals surface area contributed by atoms with E-state index in [0.717, 1.165) is 48.3 Å². The molecule has 0 amide bonds. The molecule has 0 aliphatic carbocycles. The van der Waals surface area contributed by atoms with Gasteiger partial charge < -0.3 is 5.11 Å². The number of fused-ring (bicyclic) bond motifs is 1. The van der Waals surface area contributed by atoms with Gasteiger partial charge >= 0.3 is 5.69 Å². The molecule has 2 aromatic rings. The fourth-order valence-corrected chi connectivity index (χ4v) is 3.03. The molecule has 1 aromatic heterocycles. The van der Waals surface area contributed by atoms with Gasteiger partial charge in [0, 0.05) is 13.0 Å². The number of nitrogens with zero attached hydrogens (tertiary/aromatic N) is 3. The smallest absolute Gasteiger partial charge is 0.346 e. The monoisotopic (exact) mass is 287 g/mol. The minimum atomic E-state index is -0.708. The molecule has 5 heteroatoms. The highest BCUT2D eigenvalue weighted by molar-refractivity contribution is 5.31. The summed E-state index contributed by atoms with van der Waals surface area (Å²) in [6.07, 6.45) is 2.25. The number of aryl methyl sites for hydroxylation is 3. The van der Waals surface area contributed by atoms with Gasteiger partial charge in [-0.05, 0) is 37.8 Å². The van der Waals surface area contributed by atoms with Crippen LogP contribution in [0.4, 0.5) is 0 Å². The first-order chi connectivity index (χ1) is 10.1. The van der Waals surface area contributed by atoms with Crippen LogP contribution in [0.3, 0.4) is 0 Å². The van der Waals surface area contributed by atoms with E-state index in [9.17, 15) is 9.90 Å². The second kappa shape index (κ2) is 5.48. The van der Waals surface area contributed by atoms with Crippen LogP contribution in [0.2, 0.25) is 0 Å². The van der Waals surface area contributed by atoms with Gasteiger partial charge in [-0.25, -0.2) is 9.48 Å². The molecule has 0 bridgehead atoms. The maximum Gasteiger partial charge on any atom is 0.346 e. The van der Waals surface area contributed by atoms with Gasteiger partial charge in [0.05, 0.1) is 12.6 Å². The molecule has 0 fully saturated rings. The molecule has 21 heavy (non-hydrogen) atoms. The van der Waals surface area contributed by atoms with Crippen LogP contribution in [0.5, 0.6) is 0 Å². The Morgan fingerprint density at radius 1 is 1.33 bits per heavy atom. The van der Waals surface area contributed by atoms with Crippen molar-refractivity contribution < 1.29 is 5.11 Å². The van der Waals surface area contributed by atoms with E-state index in [2.05, 4.69) is 5.10 Å². The molecule has 2 heterocycles. The largest absolute Gasteiger partial charge is 0.386 e. The summed E-state index contributed by atoms with van der Waals surface area (Å²) in [7, 11) is 0. The van der Waals surface area contributed by atoms with Crippen molar-refractivity contribution in [1.82, 2.24) is 14.3 Å². The van der Waals surface area contributed by atoms with E-state index in [1.54, 1.807) is 4.57 Å². The van der Waals surface area contributed by atoms with Gasteiger partial charge in [0.2, 0.25) is 0 Å². The van der Waals surface area contributed by atoms with Crippen LogP contribution < -0.4 is 5.69 Å². The van der Waals surface area contributed by atoms with Crippen molar-refractivity contribution >= 4 is 0 Å². The molecule has 1 atom stereocenters. The zero-order chi connectivity index (χ0) is 15.0. The first kappa shape index (κ1) is 14.1. The highest BCUT2D eigenvalue weighted by Gasteiger charge is 2.19. The summed E-state index contributed by atoms with van der Waals surface area (Å²) < 4.78 is 3.14. The van der Waals surface area contributed by atoms with Crippen LogP contribution in [0.1, 0.15) is 41.5 Å². The Morgan fingerprint density at radius 3 is 2.86 bits per heavy atom. The van der Waals surface area contributed by atoms with Crippen molar-refractivity contribution in [3.8, 4) is 0 Å². The summed E-state index contributed by atoms with van der Waals surface area (Å²) in [6.45, 7) is 4.96. The zero-order valence-corrected chi connectivity index (χ0v) is 12.5. The second-order valence-electron chi connectivity index (χ2n) is 5.87. The third kappa shape index (κ3) is 2.65. The number of hydrogen-bond acceptors (Lipinski definition) is 3. The number of benzene rings is 1.